The number of carboxylic acid groups (broad SMARTS) is 1. The van der Waals surface area contributed by atoms with Crippen LogP contribution < -0.4 is 10.5 Å². The van der Waals surface area contributed by atoms with Crippen molar-refractivity contribution in [2.75, 3.05) is 6.61 Å². The Labute approximate surface area is 86.5 Å². The van der Waals surface area contributed by atoms with Crippen LogP contribution in [0.2, 0.25) is 0 Å². The van der Waals surface area contributed by atoms with Crippen molar-refractivity contribution in [1.29, 1.82) is 0 Å². The first-order valence-electron chi connectivity index (χ1n) is 4.25. The fraction of sp³-hybridized carbons (Fsp3) is 0.200. The number of rotatable bonds is 4. The van der Waals surface area contributed by atoms with E-state index in [1.807, 2.05) is 0 Å². The van der Waals surface area contributed by atoms with Gasteiger partial charge < -0.3 is 15.6 Å². The summed E-state index contributed by atoms with van der Waals surface area (Å²) in [4.78, 5) is 21.3. The number of amides is 1. The topological polar surface area (TPSA) is 89.6 Å². The van der Waals surface area contributed by atoms with E-state index >= 15 is 0 Å². The Morgan fingerprint density at radius 1 is 1.47 bits per heavy atom. The van der Waals surface area contributed by atoms with Crippen molar-refractivity contribution >= 4 is 11.9 Å². The number of aryl methyl sites for hydroxylation is 1. The molecule has 1 rings (SSSR count). The molecule has 0 aliphatic rings. The first-order chi connectivity index (χ1) is 7.00. The zero-order valence-electron chi connectivity index (χ0n) is 8.19. The van der Waals surface area contributed by atoms with Crippen molar-refractivity contribution in [2.24, 2.45) is 5.73 Å². The van der Waals surface area contributed by atoms with Gasteiger partial charge in [-0.3, -0.25) is 4.79 Å². The quantitative estimate of drug-likeness (QED) is 0.758. The molecule has 15 heavy (non-hydrogen) atoms. The van der Waals surface area contributed by atoms with E-state index in [0.29, 0.717) is 0 Å². The molecule has 0 unspecified atom stereocenters. The molecule has 5 heteroatoms. The predicted molar refractivity (Wildman–Crippen MR) is 52.8 cm³/mol. The summed E-state index contributed by atoms with van der Waals surface area (Å²) in [7, 11) is 0. The molecule has 1 amide bonds. The van der Waals surface area contributed by atoms with Crippen molar-refractivity contribution < 1.29 is 19.4 Å². The normalized spacial score (nSPS) is 9.67. The molecule has 80 valence electrons. The molecule has 0 saturated carbocycles. The summed E-state index contributed by atoms with van der Waals surface area (Å²) in [6.07, 6.45) is 0. The summed E-state index contributed by atoms with van der Waals surface area (Å²) in [5, 5.41) is 8.43. The number of primary amides is 1. The maximum absolute atomic E-state index is 11.0. The molecule has 0 aliphatic carbocycles. The van der Waals surface area contributed by atoms with Gasteiger partial charge in [-0.1, -0.05) is 6.07 Å². The first-order valence-corrected chi connectivity index (χ1v) is 4.25. The van der Waals surface area contributed by atoms with Crippen LogP contribution in [0.5, 0.6) is 5.75 Å². The van der Waals surface area contributed by atoms with Gasteiger partial charge in [-0.05, 0) is 24.6 Å². The highest BCUT2D eigenvalue weighted by atomic mass is 16.5. The van der Waals surface area contributed by atoms with Gasteiger partial charge in [-0.2, -0.15) is 0 Å². The molecule has 0 bridgehead atoms. The fourth-order valence-corrected chi connectivity index (χ4v) is 1.09. The van der Waals surface area contributed by atoms with Gasteiger partial charge in [0.2, 0.25) is 0 Å². The Kier molecular flexibility index (Phi) is 3.28. The van der Waals surface area contributed by atoms with E-state index in [2.05, 4.69) is 0 Å². The van der Waals surface area contributed by atoms with Crippen molar-refractivity contribution in [1.82, 2.24) is 0 Å². The van der Waals surface area contributed by atoms with Gasteiger partial charge in [0.15, 0.2) is 6.61 Å². The highest BCUT2D eigenvalue weighted by Crippen LogP contribution is 2.19. The van der Waals surface area contributed by atoms with Crippen LogP contribution in [0.15, 0.2) is 18.2 Å². The Hall–Kier alpha value is -2.04. The van der Waals surface area contributed by atoms with Crippen LogP contribution >= 0.6 is 0 Å². The molecule has 5 nitrogen and oxygen atoms in total. The lowest BCUT2D eigenvalue weighted by molar-refractivity contribution is -0.139. The molecule has 0 radical (unpaired) electrons. The Morgan fingerprint density at radius 3 is 2.67 bits per heavy atom. The van der Waals surface area contributed by atoms with Crippen LogP contribution in [0.1, 0.15) is 15.9 Å². The monoisotopic (exact) mass is 209 g/mol. The number of aliphatic carboxylic acids is 1. The summed E-state index contributed by atoms with van der Waals surface area (Å²) in [6, 6.07) is 4.78. The van der Waals surface area contributed by atoms with Crippen LogP contribution in [-0.2, 0) is 4.79 Å². The highest BCUT2D eigenvalue weighted by molar-refractivity contribution is 5.95. The minimum absolute atomic E-state index is 0.182. The van der Waals surface area contributed by atoms with E-state index < -0.39 is 18.5 Å². The summed E-state index contributed by atoms with van der Waals surface area (Å²) in [5.74, 6) is -1.55. The predicted octanol–water partition coefficient (Wildman–Crippen LogP) is 0.557. The summed E-state index contributed by atoms with van der Waals surface area (Å²) in [6.45, 7) is 1.31. The lowest BCUT2D eigenvalue weighted by Crippen LogP contribution is -2.16. The van der Waals surface area contributed by atoms with E-state index in [9.17, 15) is 9.59 Å². The number of benzene rings is 1. The fourth-order valence-electron chi connectivity index (χ4n) is 1.09. The molecule has 0 fully saturated rings. The number of hydrogen-bond donors (Lipinski definition) is 2. The molecule has 0 spiro atoms. The number of ether oxygens (including phenoxy) is 1. The van der Waals surface area contributed by atoms with Crippen molar-refractivity contribution in [3.05, 3.63) is 29.3 Å². The van der Waals surface area contributed by atoms with Crippen molar-refractivity contribution in [3.8, 4) is 5.75 Å². The zero-order valence-corrected chi connectivity index (χ0v) is 8.19. The van der Waals surface area contributed by atoms with Crippen LogP contribution in [0, 0.1) is 6.92 Å². The molecule has 1 aromatic carbocycles. The summed E-state index contributed by atoms with van der Waals surface area (Å²) in [5.41, 5.74) is 6.15. The van der Waals surface area contributed by atoms with Gasteiger partial charge >= 0.3 is 5.97 Å². The van der Waals surface area contributed by atoms with Crippen molar-refractivity contribution in [2.45, 2.75) is 6.92 Å². The Morgan fingerprint density at radius 2 is 2.13 bits per heavy atom. The average Bonchev–Trinajstić information content (AvgIpc) is 2.14. The Bertz CT molecular complexity index is 400. The third-order valence-electron chi connectivity index (χ3n) is 1.75. The van der Waals surface area contributed by atoms with E-state index in [1.54, 1.807) is 19.1 Å². The number of hydrogen-bond acceptors (Lipinski definition) is 3. The third kappa shape index (κ3) is 2.98. The molecule has 0 heterocycles. The molecule has 1 aromatic rings. The molecular formula is C10H11NO4. The van der Waals surface area contributed by atoms with Crippen LogP contribution in [0.3, 0.4) is 0 Å². The second kappa shape index (κ2) is 4.45. The maximum Gasteiger partial charge on any atom is 0.341 e. The lowest BCUT2D eigenvalue weighted by atomic mass is 10.1. The smallest absolute Gasteiger partial charge is 0.341 e. The average molecular weight is 209 g/mol. The minimum atomic E-state index is -1.10. The summed E-state index contributed by atoms with van der Waals surface area (Å²) >= 11 is 0. The number of nitrogens with two attached hydrogens (primary N) is 1. The standard InChI is InChI=1S/C10H11NO4/c1-6-2-3-7(10(11)14)8(4-6)15-5-9(12)13/h2-4H,5H2,1H3,(H2,11,14)(H,12,13). The van der Waals surface area contributed by atoms with E-state index in [4.69, 9.17) is 15.6 Å². The Balaban J connectivity index is 2.96. The minimum Gasteiger partial charge on any atom is -0.481 e. The summed E-state index contributed by atoms with van der Waals surface area (Å²) < 4.78 is 4.94. The van der Waals surface area contributed by atoms with Gasteiger partial charge in [-0.25, -0.2) is 4.79 Å². The van der Waals surface area contributed by atoms with E-state index in [0.717, 1.165) is 5.56 Å². The molecule has 3 N–H and O–H groups in total. The van der Waals surface area contributed by atoms with Crippen molar-refractivity contribution in [3.63, 3.8) is 0 Å². The van der Waals surface area contributed by atoms with E-state index in [1.165, 1.54) is 6.07 Å². The van der Waals surface area contributed by atoms with E-state index in [-0.39, 0.29) is 11.3 Å². The highest BCUT2D eigenvalue weighted by Gasteiger charge is 2.10. The molecule has 0 atom stereocenters. The van der Waals surface area contributed by atoms with Crippen LogP contribution in [-0.4, -0.2) is 23.6 Å². The molecular weight excluding hydrogens is 198 g/mol. The second-order valence-electron chi connectivity index (χ2n) is 3.05. The maximum atomic E-state index is 11.0. The molecule has 0 aliphatic heterocycles. The first kappa shape index (κ1) is 11.0. The lowest BCUT2D eigenvalue weighted by Gasteiger charge is -2.08. The number of carbonyl (C=O) groups is 2. The third-order valence-corrected chi connectivity index (χ3v) is 1.75. The van der Waals surface area contributed by atoms with Gasteiger partial charge in [0, 0.05) is 0 Å². The number of carboxylic acids is 1. The van der Waals surface area contributed by atoms with Gasteiger partial charge in [-0.15, -0.1) is 0 Å². The zero-order chi connectivity index (χ0) is 11.4. The van der Waals surface area contributed by atoms with Gasteiger partial charge in [0.05, 0.1) is 5.56 Å². The second-order valence-corrected chi connectivity index (χ2v) is 3.05. The molecule has 0 saturated heterocycles. The SMILES string of the molecule is Cc1ccc(C(N)=O)c(OCC(=O)O)c1. The van der Waals surface area contributed by atoms with Crippen LogP contribution in [0.4, 0.5) is 0 Å². The van der Waals surface area contributed by atoms with Gasteiger partial charge in [0.1, 0.15) is 5.75 Å². The molecule has 0 aromatic heterocycles. The van der Waals surface area contributed by atoms with Crippen LogP contribution in [0.25, 0.3) is 0 Å². The van der Waals surface area contributed by atoms with Gasteiger partial charge in [0.25, 0.3) is 5.91 Å². The number of carbonyl (C=O) groups excluding carboxylic acids is 1. The largest absolute Gasteiger partial charge is 0.481 e.